The largest absolute Gasteiger partial charge is 0.493 e. The number of rotatable bonds is 13. The molecule has 0 bridgehead atoms. The number of hydrogen-bond donors (Lipinski definition) is 2. The van der Waals surface area contributed by atoms with E-state index < -0.39 is 28.9 Å². The quantitative estimate of drug-likeness (QED) is 0.162. The second-order valence-electron chi connectivity index (χ2n) is 10.9. The van der Waals surface area contributed by atoms with Crippen LogP contribution in [0.2, 0.25) is 0 Å². The highest BCUT2D eigenvalue weighted by Crippen LogP contribution is 2.53. The van der Waals surface area contributed by atoms with Crippen LogP contribution >= 0.6 is 0 Å². The van der Waals surface area contributed by atoms with Crippen molar-refractivity contribution >= 4 is 34.1 Å². The molecule has 1 aliphatic carbocycles. The first-order valence-corrected chi connectivity index (χ1v) is 14.9. The summed E-state index contributed by atoms with van der Waals surface area (Å²) in [6.07, 6.45) is 1.89. The lowest BCUT2D eigenvalue weighted by Gasteiger charge is -2.19. The van der Waals surface area contributed by atoms with Crippen LogP contribution in [0.5, 0.6) is 23.0 Å². The van der Waals surface area contributed by atoms with Gasteiger partial charge in [-0.3, -0.25) is 14.6 Å². The molecule has 3 aromatic carbocycles. The van der Waals surface area contributed by atoms with Crippen LogP contribution in [0.1, 0.15) is 27.2 Å². The minimum Gasteiger partial charge on any atom is -0.493 e. The van der Waals surface area contributed by atoms with Gasteiger partial charge >= 0.3 is 0 Å². The second kappa shape index (κ2) is 13.5. The Morgan fingerprint density at radius 2 is 1.58 bits per heavy atom. The second-order valence-corrected chi connectivity index (χ2v) is 10.9. The number of ether oxygens (including phenoxy) is 3. The van der Waals surface area contributed by atoms with Crippen molar-refractivity contribution in [2.24, 2.45) is 11.3 Å². The number of nitrogens with one attached hydrogen (secondary N) is 2. The molecular weight excluding hydrogens is 582 g/mol. The zero-order valence-electron chi connectivity index (χ0n) is 25.7. The van der Waals surface area contributed by atoms with E-state index in [-0.39, 0.29) is 17.4 Å². The number of benzene rings is 3. The smallest absolute Gasteiger partial charge is 0.240 e. The molecule has 2 amide bonds. The van der Waals surface area contributed by atoms with Crippen molar-refractivity contribution in [1.82, 2.24) is 9.88 Å². The first-order chi connectivity index (χ1) is 21.7. The molecule has 4 aromatic rings. The Morgan fingerprint density at radius 3 is 2.20 bits per heavy atom. The molecule has 1 fully saturated rings. The maximum atomic E-state index is 15.3. The number of nitrogens with zero attached hydrogens (tertiary/aromatic N) is 2. The van der Waals surface area contributed by atoms with Gasteiger partial charge in [0, 0.05) is 41.6 Å². The molecule has 9 nitrogen and oxygen atoms in total. The summed E-state index contributed by atoms with van der Waals surface area (Å²) in [7, 11) is 1.54. The number of carbonyl (C=O) groups is 2. The molecule has 11 heteroatoms. The summed E-state index contributed by atoms with van der Waals surface area (Å²) in [5.74, 6) is -1.11. The number of carbonyl (C=O) groups excluding carboxylic acids is 2. The van der Waals surface area contributed by atoms with Gasteiger partial charge in [-0.25, -0.2) is 8.78 Å². The fourth-order valence-electron chi connectivity index (χ4n) is 5.27. The van der Waals surface area contributed by atoms with Crippen LogP contribution in [0.4, 0.5) is 20.2 Å². The van der Waals surface area contributed by atoms with Crippen LogP contribution < -0.4 is 24.8 Å². The molecule has 1 aromatic heterocycles. The molecule has 1 heterocycles. The van der Waals surface area contributed by atoms with E-state index in [0.717, 1.165) is 25.7 Å². The van der Waals surface area contributed by atoms with E-state index in [1.54, 1.807) is 38.4 Å². The van der Waals surface area contributed by atoms with Gasteiger partial charge in [0.15, 0.2) is 23.1 Å². The summed E-state index contributed by atoms with van der Waals surface area (Å²) < 4.78 is 46.0. The van der Waals surface area contributed by atoms with Gasteiger partial charge in [-0.05, 0) is 74.0 Å². The van der Waals surface area contributed by atoms with E-state index in [4.69, 9.17) is 14.2 Å². The van der Waals surface area contributed by atoms with Crippen LogP contribution in [0.3, 0.4) is 0 Å². The number of anilines is 2. The molecule has 236 valence electrons. The molecular formula is C34H36F2N4O5. The van der Waals surface area contributed by atoms with Gasteiger partial charge in [0.1, 0.15) is 23.6 Å². The summed E-state index contributed by atoms with van der Waals surface area (Å²) in [5.41, 5.74) is -0.187. The molecule has 0 radical (unpaired) electrons. The van der Waals surface area contributed by atoms with Crippen molar-refractivity contribution in [3.63, 3.8) is 0 Å². The zero-order valence-corrected chi connectivity index (χ0v) is 25.7. The average Bonchev–Trinajstić information content (AvgIpc) is 3.73. The van der Waals surface area contributed by atoms with E-state index in [2.05, 4.69) is 34.4 Å². The summed E-state index contributed by atoms with van der Waals surface area (Å²) in [4.78, 5) is 32.9. The van der Waals surface area contributed by atoms with Gasteiger partial charge < -0.3 is 29.7 Å². The number of halogens is 2. The van der Waals surface area contributed by atoms with Crippen LogP contribution in [0, 0.1) is 23.0 Å². The predicted molar refractivity (Wildman–Crippen MR) is 168 cm³/mol. The topological polar surface area (TPSA) is 102 Å². The van der Waals surface area contributed by atoms with Gasteiger partial charge in [-0.15, -0.1) is 0 Å². The van der Waals surface area contributed by atoms with Gasteiger partial charge in [0.05, 0.1) is 12.6 Å². The predicted octanol–water partition coefficient (Wildman–Crippen LogP) is 6.64. The Hall–Kier alpha value is -4.77. The molecule has 2 atom stereocenters. The lowest BCUT2D eigenvalue weighted by Crippen LogP contribution is -2.37. The first kappa shape index (κ1) is 31.6. The molecule has 0 saturated heterocycles. The Balaban J connectivity index is 1.29. The molecule has 0 unspecified atom stereocenters. The van der Waals surface area contributed by atoms with Gasteiger partial charge in [0.25, 0.3) is 0 Å². The Bertz CT molecular complexity index is 1700. The SMILES string of the molecule is CCN(CC)CCOc1cc2nccc(Oc3ccc(NC(=O)[C@]4(C(=O)Nc5ccc(F)cc5)C[C@@H]4C)cc3F)c2cc1OC. The van der Waals surface area contributed by atoms with Gasteiger partial charge in [-0.2, -0.15) is 0 Å². The van der Waals surface area contributed by atoms with Crippen LogP contribution in [-0.4, -0.2) is 55.0 Å². The molecule has 0 spiro atoms. The van der Waals surface area contributed by atoms with Crippen molar-refractivity contribution < 1.29 is 32.6 Å². The minimum absolute atomic E-state index is 0.0671. The maximum Gasteiger partial charge on any atom is 0.240 e. The third kappa shape index (κ3) is 6.83. The highest BCUT2D eigenvalue weighted by molar-refractivity contribution is 6.17. The van der Waals surface area contributed by atoms with E-state index in [0.29, 0.717) is 46.9 Å². The standard InChI is InChI=1S/C34H36F2N4O5/c1-5-40(6-2)15-16-44-31-19-27-25(18-30(31)43-4)28(13-14-37-27)45-29-12-11-24(17-26(29)36)39-33(42)34(20-21(34)3)32(41)38-23-9-7-22(35)8-10-23/h7-14,17-19,21H,5-6,15-16,20H2,1-4H3,(H,38,41)(H,39,42)/t21-,34+/m0/s1. The number of likely N-dealkylation sites (N-methyl/N-ethyl adjacent to an activating group) is 1. The van der Waals surface area contributed by atoms with Crippen molar-refractivity contribution in [3.8, 4) is 23.0 Å². The Morgan fingerprint density at radius 1 is 0.911 bits per heavy atom. The summed E-state index contributed by atoms with van der Waals surface area (Å²) in [5, 5.41) is 5.94. The van der Waals surface area contributed by atoms with Crippen molar-refractivity contribution in [3.05, 3.63) is 78.5 Å². The van der Waals surface area contributed by atoms with Gasteiger partial charge in [-0.1, -0.05) is 20.8 Å². The number of fused-ring (bicyclic) bond motifs is 1. The van der Waals surface area contributed by atoms with Crippen molar-refractivity contribution in [2.75, 3.05) is 44.0 Å². The fourth-order valence-corrected chi connectivity index (χ4v) is 5.27. The first-order valence-electron chi connectivity index (χ1n) is 14.9. The van der Waals surface area contributed by atoms with Crippen LogP contribution in [-0.2, 0) is 9.59 Å². The number of hydrogen-bond acceptors (Lipinski definition) is 7. The average molecular weight is 619 g/mol. The third-order valence-electron chi connectivity index (χ3n) is 8.18. The summed E-state index contributed by atoms with van der Waals surface area (Å²) in [6, 6.07) is 14.4. The van der Waals surface area contributed by atoms with E-state index >= 15 is 4.39 Å². The zero-order chi connectivity index (χ0) is 32.1. The highest BCUT2D eigenvalue weighted by atomic mass is 19.1. The molecule has 5 rings (SSSR count). The van der Waals surface area contributed by atoms with Crippen molar-refractivity contribution in [2.45, 2.75) is 27.2 Å². The molecule has 45 heavy (non-hydrogen) atoms. The monoisotopic (exact) mass is 618 g/mol. The van der Waals surface area contributed by atoms with Crippen LogP contribution in [0.15, 0.2) is 66.9 Å². The maximum absolute atomic E-state index is 15.3. The van der Waals surface area contributed by atoms with Crippen molar-refractivity contribution in [1.29, 1.82) is 0 Å². The number of pyridine rings is 1. The Kier molecular flexibility index (Phi) is 9.48. The molecule has 2 N–H and O–H groups in total. The number of amides is 2. The van der Waals surface area contributed by atoms with Gasteiger partial charge in [0.2, 0.25) is 11.8 Å². The minimum atomic E-state index is -1.32. The summed E-state index contributed by atoms with van der Waals surface area (Å²) in [6.45, 7) is 9.09. The van der Waals surface area contributed by atoms with E-state index in [9.17, 15) is 14.0 Å². The molecule has 1 saturated carbocycles. The van der Waals surface area contributed by atoms with E-state index in [1.807, 2.05) is 0 Å². The van der Waals surface area contributed by atoms with E-state index in [1.165, 1.54) is 36.4 Å². The molecule has 0 aliphatic heterocycles. The lowest BCUT2D eigenvalue weighted by molar-refractivity contribution is -0.131. The normalized spacial score (nSPS) is 17.2. The lowest BCUT2D eigenvalue weighted by atomic mass is 10.0. The fraction of sp³-hybridized carbons (Fsp3) is 0.324. The number of methoxy groups -OCH3 is 1. The van der Waals surface area contributed by atoms with Crippen LogP contribution in [0.25, 0.3) is 10.9 Å². The summed E-state index contributed by atoms with van der Waals surface area (Å²) >= 11 is 0. The Labute approximate surface area is 260 Å². The third-order valence-corrected chi connectivity index (χ3v) is 8.18. The molecule has 1 aliphatic rings. The number of aromatic nitrogens is 1. The highest BCUT2D eigenvalue weighted by Gasteiger charge is 2.63.